The smallest absolute Gasteiger partial charge is 0.247 e. The number of hydrogen-bond donors (Lipinski definition) is 1. The maximum absolute atomic E-state index is 13.6. The summed E-state index contributed by atoms with van der Waals surface area (Å²) in [5.41, 5.74) is 1.45. The van der Waals surface area contributed by atoms with Crippen molar-refractivity contribution in [3.8, 4) is 11.5 Å². The Labute approximate surface area is 123 Å². The van der Waals surface area contributed by atoms with Crippen molar-refractivity contribution in [1.29, 1.82) is 0 Å². The van der Waals surface area contributed by atoms with Gasteiger partial charge < -0.3 is 10.1 Å². The van der Waals surface area contributed by atoms with Gasteiger partial charge in [0.25, 0.3) is 0 Å². The first kappa shape index (κ1) is 14.8. The van der Waals surface area contributed by atoms with E-state index in [9.17, 15) is 9.18 Å². The third-order valence-corrected chi connectivity index (χ3v) is 2.87. The lowest BCUT2D eigenvalue weighted by Crippen LogP contribution is -2.07. The van der Waals surface area contributed by atoms with Crippen molar-refractivity contribution in [1.82, 2.24) is 0 Å². The largest absolute Gasteiger partial charge is 0.457 e. The molecule has 0 atom stereocenters. The van der Waals surface area contributed by atoms with E-state index >= 15 is 0 Å². The summed E-state index contributed by atoms with van der Waals surface area (Å²) >= 11 is 0. The highest BCUT2D eigenvalue weighted by Crippen LogP contribution is 2.26. The van der Waals surface area contributed by atoms with Crippen molar-refractivity contribution in [2.75, 3.05) is 5.32 Å². The summed E-state index contributed by atoms with van der Waals surface area (Å²) in [5.74, 6) is 0.0570. The number of ether oxygens (including phenoxy) is 1. The number of halogens is 1. The van der Waals surface area contributed by atoms with Crippen molar-refractivity contribution >= 4 is 11.6 Å². The number of carbonyl (C=O) groups is 1. The van der Waals surface area contributed by atoms with E-state index in [-0.39, 0.29) is 0 Å². The molecule has 4 heteroatoms. The fourth-order valence-corrected chi connectivity index (χ4v) is 1.85. The molecule has 0 aliphatic carbocycles. The van der Waals surface area contributed by atoms with Crippen molar-refractivity contribution in [2.24, 2.45) is 0 Å². The zero-order valence-electron chi connectivity index (χ0n) is 11.7. The van der Waals surface area contributed by atoms with Gasteiger partial charge in [-0.1, -0.05) is 25.6 Å². The van der Waals surface area contributed by atoms with Crippen LogP contribution >= 0.6 is 0 Å². The molecule has 0 radical (unpaired) electrons. The number of rotatable bonds is 5. The van der Waals surface area contributed by atoms with E-state index in [0.717, 1.165) is 18.1 Å². The first-order valence-electron chi connectivity index (χ1n) is 6.61. The molecule has 0 saturated carbocycles. The van der Waals surface area contributed by atoms with E-state index in [1.54, 1.807) is 12.1 Å². The minimum absolute atomic E-state index is 0.321. The monoisotopic (exact) mass is 285 g/mol. The van der Waals surface area contributed by atoms with Gasteiger partial charge in [0.2, 0.25) is 5.91 Å². The zero-order chi connectivity index (χ0) is 15.2. The summed E-state index contributed by atoms with van der Waals surface area (Å²) in [5, 5.41) is 2.50. The summed E-state index contributed by atoms with van der Waals surface area (Å²) in [6, 6.07) is 11.6. The first-order valence-corrected chi connectivity index (χ1v) is 6.61. The molecule has 2 aromatic carbocycles. The molecule has 3 nitrogen and oxygen atoms in total. The molecule has 2 rings (SSSR count). The minimum Gasteiger partial charge on any atom is -0.457 e. The lowest BCUT2D eigenvalue weighted by Gasteiger charge is -2.09. The van der Waals surface area contributed by atoms with E-state index in [2.05, 4.69) is 11.9 Å². The molecule has 0 saturated heterocycles. The fraction of sp³-hybridized carbons (Fsp3) is 0.118. The summed E-state index contributed by atoms with van der Waals surface area (Å²) < 4.78 is 19.2. The van der Waals surface area contributed by atoms with Crippen molar-refractivity contribution < 1.29 is 13.9 Å². The quantitative estimate of drug-likeness (QED) is 0.831. The third kappa shape index (κ3) is 4.18. The molecule has 0 heterocycles. The SMILES string of the molecule is C=CC(=O)Nc1cc(F)cc(Oc2cccc(CC)c2)c1. The number of aryl methyl sites for hydroxylation is 1. The highest BCUT2D eigenvalue weighted by Gasteiger charge is 2.05. The summed E-state index contributed by atoms with van der Waals surface area (Å²) in [6.07, 6.45) is 2.01. The van der Waals surface area contributed by atoms with Crippen LogP contribution in [0.25, 0.3) is 0 Å². The van der Waals surface area contributed by atoms with Gasteiger partial charge in [-0.2, -0.15) is 0 Å². The average Bonchev–Trinajstić information content (AvgIpc) is 2.46. The Hall–Kier alpha value is -2.62. The van der Waals surface area contributed by atoms with Crippen molar-refractivity contribution in [3.63, 3.8) is 0 Å². The molecular weight excluding hydrogens is 269 g/mol. The van der Waals surface area contributed by atoms with Gasteiger partial charge in [-0.15, -0.1) is 0 Å². The summed E-state index contributed by atoms with van der Waals surface area (Å²) in [6.45, 7) is 5.40. The van der Waals surface area contributed by atoms with Crippen LogP contribution in [0.15, 0.2) is 55.1 Å². The lowest BCUT2D eigenvalue weighted by molar-refractivity contribution is -0.111. The van der Waals surface area contributed by atoms with E-state index in [0.29, 0.717) is 17.2 Å². The Morgan fingerprint density at radius 3 is 2.81 bits per heavy atom. The van der Waals surface area contributed by atoms with Crippen LogP contribution < -0.4 is 10.1 Å². The molecule has 0 spiro atoms. The van der Waals surface area contributed by atoms with Gasteiger partial charge in [-0.3, -0.25) is 4.79 Å². The molecule has 0 unspecified atom stereocenters. The Bertz CT molecular complexity index is 668. The lowest BCUT2D eigenvalue weighted by atomic mass is 10.2. The predicted molar refractivity (Wildman–Crippen MR) is 81.1 cm³/mol. The van der Waals surface area contributed by atoms with Gasteiger partial charge in [0.15, 0.2) is 0 Å². The molecular formula is C17H16FNO2. The number of carbonyl (C=O) groups excluding carboxylic acids is 1. The molecule has 0 aromatic heterocycles. The second-order valence-electron chi connectivity index (χ2n) is 4.47. The first-order chi connectivity index (χ1) is 10.1. The van der Waals surface area contributed by atoms with Crippen LogP contribution in [0.3, 0.4) is 0 Å². The van der Waals surface area contributed by atoms with Crippen LogP contribution in [0.4, 0.5) is 10.1 Å². The van der Waals surface area contributed by atoms with Crippen LogP contribution in [0, 0.1) is 5.82 Å². The highest BCUT2D eigenvalue weighted by atomic mass is 19.1. The Morgan fingerprint density at radius 2 is 2.10 bits per heavy atom. The Morgan fingerprint density at radius 1 is 1.29 bits per heavy atom. The summed E-state index contributed by atoms with van der Waals surface area (Å²) in [4.78, 5) is 11.3. The molecule has 21 heavy (non-hydrogen) atoms. The fourth-order valence-electron chi connectivity index (χ4n) is 1.85. The second-order valence-corrected chi connectivity index (χ2v) is 4.47. The molecule has 108 valence electrons. The normalized spacial score (nSPS) is 10.0. The van der Waals surface area contributed by atoms with E-state index in [1.165, 1.54) is 12.1 Å². The van der Waals surface area contributed by atoms with Gasteiger partial charge in [0, 0.05) is 17.8 Å². The number of benzene rings is 2. The van der Waals surface area contributed by atoms with Gasteiger partial charge in [0.05, 0.1) is 0 Å². The predicted octanol–water partition coefficient (Wildman–Crippen LogP) is 4.30. The van der Waals surface area contributed by atoms with Crippen molar-refractivity contribution in [3.05, 3.63) is 66.5 Å². The molecule has 0 fully saturated rings. The van der Waals surface area contributed by atoms with Crippen LogP contribution in [0.2, 0.25) is 0 Å². The molecule has 0 aliphatic rings. The molecule has 2 aromatic rings. The molecule has 1 N–H and O–H groups in total. The third-order valence-electron chi connectivity index (χ3n) is 2.87. The van der Waals surface area contributed by atoms with Crippen molar-refractivity contribution in [2.45, 2.75) is 13.3 Å². The van der Waals surface area contributed by atoms with Gasteiger partial charge >= 0.3 is 0 Å². The topological polar surface area (TPSA) is 38.3 Å². The Kier molecular flexibility index (Phi) is 4.72. The van der Waals surface area contributed by atoms with E-state index in [1.807, 2.05) is 25.1 Å². The van der Waals surface area contributed by atoms with Crippen LogP contribution in [0.5, 0.6) is 11.5 Å². The molecule has 0 aliphatic heterocycles. The van der Waals surface area contributed by atoms with Gasteiger partial charge in [-0.05, 0) is 36.3 Å². The maximum Gasteiger partial charge on any atom is 0.247 e. The van der Waals surface area contributed by atoms with Gasteiger partial charge in [0.1, 0.15) is 17.3 Å². The van der Waals surface area contributed by atoms with Crippen LogP contribution in [0.1, 0.15) is 12.5 Å². The van der Waals surface area contributed by atoms with E-state index in [4.69, 9.17) is 4.74 Å². The number of hydrogen-bond acceptors (Lipinski definition) is 2. The number of nitrogens with one attached hydrogen (secondary N) is 1. The van der Waals surface area contributed by atoms with Crippen LogP contribution in [-0.4, -0.2) is 5.91 Å². The van der Waals surface area contributed by atoms with Crippen LogP contribution in [-0.2, 0) is 11.2 Å². The van der Waals surface area contributed by atoms with E-state index < -0.39 is 11.7 Å². The second kappa shape index (κ2) is 6.70. The highest BCUT2D eigenvalue weighted by molar-refractivity contribution is 5.98. The summed E-state index contributed by atoms with van der Waals surface area (Å²) in [7, 11) is 0. The molecule has 0 bridgehead atoms. The zero-order valence-corrected chi connectivity index (χ0v) is 11.7. The standard InChI is InChI=1S/C17H16FNO2/c1-3-12-6-5-7-15(8-12)21-16-10-13(18)9-14(11-16)19-17(20)4-2/h4-11H,2-3H2,1H3,(H,19,20). The van der Waals surface area contributed by atoms with Gasteiger partial charge in [-0.25, -0.2) is 4.39 Å². The number of amides is 1. The average molecular weight is 285 g/mol. The Balaban J connectivity index is 2.22. The minimum atomic E-state index is -0.487. The maximum atomic E-state index is 13.6. The number of anilines is 1. The molecule has 1 amide bonds.